The van der Waals surface area contributed by atoms with E-state index in [0.717, 1.165) is 44.9 Å². The van der Waals surface area contributed by atoms with E-state index >= 15 is 0 Å². The number of rotatable bonds is 13. The van der Waals surface area contributed by atoms with Crippen LogP contribution in [0.5, 0.6) is 0 Å². The summed E-state index contributed by atoms with van der Waals surface area (Å²) in [5.74, 6) is 1.24. The molecule has 29 atom stereocenters. The van der Waals surface area contributed by atoms with Gasteiger partial charge in [-0.25, -0.2) is 0 Å². The second-order valence-electron chi connectivity index (χ2n) is 25.2. The molecule has 75 heavy (non-hydrogen) atoms. The summed E-state index contributed by atoms with van der Waals surface area (Å²) in [6, 6.07) is 0. The number of hydrogen-bond donors (Lipinski definition) is 10. The monoisotopic (exact) mass is 1070 g/mol. The van der Waals surface area contributed by atoms with Crippen molar-refractivity contribution in [1.82, 2.24) is 0 Å². The van der Waals surface area contributed by atoms with Crippen LogP contribution >= 0.6 is 0 Å². The van der Waals surface area contributed by atoms with E-state index in [-0.39, 0.29) is 34.6 Å². The standard InChI is InChI=1S/C55H90O20/c1-11-66-47-28(21-27(70-47)20-24(2)3)29-14-18-55(10)31-12-13-34-52(6,7)35(16-17-53(34,8)30(31)15-19-54(29,55)9)72-51-46(45(39(61)33(22-56)71-51)74-49-42(64)40(62)36(58)25(4)68-49)75-50-43(65)44(37(59)26(5)69-50)73-48-41(63)38(60)32(57)23-67-48/h12,20,25-30,32-51,56-65H,11,13-19,21-23H2,1-10H3/t25-,26-,27-,28-,29-,30-,32-,33+,34-,35-,36-,37-,38-,39+,40+,41+,42+,43+,44+,45-,46+,47-,48-,49-,50-,51-,53+,54-,55+/m0/s1. The number of aliphatic hydroxyl groups excluding tert-OH is 10. The van der Waals surface area contributed by atoms with Crippen molar-refractivity contribution < 1.29 is 98.4 Å². The molecule has 8 fully saturated rings. The fourth-order valence-corrected chi connectivity index (χ4v) is 15.9. The zero-order chi connectivity index (χ0) is 54.4. The van der Waals surface area contributed by atoms with Gasteiger partial charge in [-0.1, -0.05) is 57.9 Å². The van der Waals surface area contributed by atoms with Crippen molar-refractivity contribution >= 4 is 0 Å². The molecule has 5 saturated heterocycles. The third-order valence-corrected chi connectivity index (χ3v) is 20.4. The minimum Gasteiger partial charge on any atom is -0.394 e. The third kappa shape index (κ3) is 10.2. The fourth-order valence-electron chi connectivity index (χ4n) is 15.9. The van der Waals surface area contributed by atoms with Gasteiger partial charge in [0.15, 0.2) is 31.5 Å². The van der Waals surface area contributed by atoms with Gasteiger partial charge >= 0.3 is 0 Å². The van der Waals surface area contributed by atoms with Gasteiger partial charge in [0.05, 0.1) is 37.6 Å². The van der Waals surface area contributed by atoms with E-state index in [0.29, 0.717) is 30.8 Å². The Morgan fingerprint density at radius 2 is 1.31 bits per heavy atom. The van der Waals surface area contributed by atoms with Crippen LogP contribution in [0, 0.1) is 45.3 Å². The van der Waals surface area contributed by atoms with Gasteiger partial charge in [-0.2, -0.15) is 0 Å². The van der Waals surface area contributed by atoms with E-state index in [4.69, 9.17) is 47.4 Å². The summed E-state index contributed by atoms with van der Waals surface area (Å²) in [5.41, 5.74) is 2.27. The molecular formula is C55H90O20. The van der Waals surface area contributed by atoms with Gasteiger partial charge in [0.2, 0.25) is 0 Å². The first-order chi connectivity index (χ1) is 35.3. The first-order valence-corrected chi connectivity index (χ1v) is 27.9. The van der Waals surface area contributed by atoms with E-state index in [2.05, 4.69) is 60.6 Å². The molecular weight excluding hydrogens is 981 g/mol. The maximum absolute atomic E-state index is 11.9. The summed E-state index contributed by atoms with van der Waals surface area (Å²) in [6.45, 7) is 20.7. The molecule has 0 spiro atoms. The Morgan fingerprint density at radius 3 is 1.99 bits per heavy atom. The molecule has 0 bridgehead atoms. The molecule has 9 aliphatic rings. The first-order valence-electron chi connectivity index (χ1n) is 27.9. The summed E-state index contributed by atoms with van der Waals surface area (Å²) in [5, 5.41) is 110. The lowest BCUT2D eigenvalue weighted by Crippen LogP contribution is -2.68. The molecule has 5 aliphatic heterocycles. The zero-order valence-electron chi connectivity index (χ0n) is 45.5. The van der Waals surface area contributed by atoms with Gasteiger partial charge in [0, 0.05) is 12.5 Å². The maximum Gasteiger partial charge on any atom is 0.187 e. The average molecular weight is 1070 g/mol. The lowest BCUT2D eigenvalue weighted by atomic mass is 9.41. The van der Waals surface area contributed by atoms with E-state index in [1.165, 1.54) is 19.4 Å². The number of ether oxygens (including phenoxy) is 10. The Kier molecular flexibility index (Phi) is 17.3. The molecule has 0 aromatic rings. The SMILES string of the molecule is CCO[C@H]1O[C@@H](C=C(C)C)C[C@H]1[C@@H]1CC[C@]2(C)C3=CC[C@H]4C(C)(C)[C@@H](O[C@@H]5O[C@H](CO)[C@@H](O)[C@H](O[C@@H]6O[C@@H](C)[C@H](O)[C@@H](O)[C@H]6O)[C@H]5O[C@@H]5O[C@@H](C)[C@H](O)[C@@H](O[C@@H]6OC[C@H](O)[C@H](O)[C@H]6O)[C@H]5O)CC[C@]4(C)[C@H]3CC[C@@]12C. The minimum absolute atomic E-state index is 0.00898. The summed E-state index contributed by atoms with van der Waals surface area (Å²) in [4.78, 5) is 0. The fraction of sp³-hybridized carbons (Fsp3) is 0.927. The van der Waals surface area contributed by atoms with Gasteiger partial charge < -0.3 is 98.4 Å². The highest BCUT2D eigenvalue weighted by Gasteiger charge is 2.67. The van der Waals surface area contributed by atoms with Gasteiger partial charge in [-0.15, -0.1) is 0 Å². The molecule has 10 N–H and O–H groups in total. The smallest absolute Gasteiger partial charge is 0.187 e. The zero-order valence-corrected chi connectivity index (χ0v) is 45.5. The molecule has 5 heterocycles. The minimum atomic E-state index is -1.85. The number of allylic oxidation sites excluding steroid dienone is 3. The van der Waals surface area contributed by atoms with Crippen LogP contribution in [0.25, 0.3) is 0 Å². The Balaban J connectivity index is 0.990. The molecule has 0 aromatic carbocycles. The Morgan fingerprint density at radius 1 is 0.653 bits per heavy atom. The highest BCUT2D eigenvalue weighted by molar-refractivity contribution is 5.33. The van der Waals surface area contributed by atoms with Gasteiger partial charge in [0.1, 0.15) is 79.4 Å². The Labute approximate surface area is 441 Å². The van der Waals surface area contributed by atoms with Gasteiger partial charge in [-0.3, -0.25) is 0 Å². The Bertz CT molecular complexity index is 2020. The van der Waals surface area contributed by atoms with Crippen molar-refractivity contribution in [2.45, 2.75) is 256 Å². The highest BCUT2D eigenvalue weighted by atomic mass is 16.8. The molecule has 0 radical (unpaired) electrons. The first kappa shape index (κ1) is 58.3. The number of aliphatic hydroxyl groups is 10. The Hall–Kier alpha value is -1.32. The van der Waals surface area contributed by atoms with Crippen LogP contribution in [0.2, 0.25) is 0 Å². The van der Waals surface area contributed by atoms with Crippen molar-refractivity contribution in [3.05, 3.63) is 23.3 Å². The van der Waals surface area contributed by atoms with Crippen molar-refractivity contribution in [1.29, 1.82) is 0 Å². The van der Waals surface area contributed by atoms with Crippen LogP contribution in [0.4, 0.5) is 0 Å². The molecule has 4 aliphatic carbocycles. The third-order valence-electron chi connectivity index (χ3n) is 20.4. The summed E-state index contributed by atoms with van der Waals surface area (Å²) < 4.78 is 62.6. The molecule has 430 valence electrons. The number of hydrogen-bond acceptors (Lipinski definition) is 20. The summed E-state index contributed by atoms with van der Waals surface area (Å²) in [6.07, 6.45) is -17.8. The molecule has 0 unspecified atom stereocenters. The molecule has 20 nitrogen and oxygen atoms in total. The second-order valence-corrected chi connectivity index (χ2v) is 25.2. The van der Waals surface area contributed by atoms with E-state index < -0.39 is 141 Å². The van der Waals surface area contributed by atoms with Crippen molar-refractivity contribution in [2.24, 2.45) is 45.3 Å². The normalized spacial score (nSPS) is 53.8. The summed E-state index contributed by atoms with van der Waals surface area (Å²) in [7, 11) is 0. The highest BCUT2D eigenvalue weighted by Crippen LogP contribution is 2.74. The molecule has 0 amide bonds. The van der Waals surface area contributed by atoms with E-state index in [9.17, 15) is 51.1 Å². The second kappa shape index (κ2) is 22.2. The average Bonchev–Trinajstić information content (AvgIpc) is 3.89. The van der Waals surface area contributed by atoms with Crippen molar-refractivity contribution in [2.75, 3.05) is 19.8 Å². The van der Waals surface area contributed by atoms with E-state index in [1.54, 1.807) is 5.57 Å². The van der Waals surface area contributed by atoms with Crippen molar-refractivity contribution in [3.8, 4) is 0 Å². The van der Waals surface area contributed by atoms with Gasteiger partial charge in [0.25, 0.3) is 0 Å². The maximum atomic E-state index is 11.9. The molecule has 0 aromatic heterocycles. The summed E-state index contributed by atoms with van der Waals surface area (Å²) >= 11 is 0. The lowest BCUT2D eigenvalue weighted by Gasteiger charge is -2.65. The van der Waals surface area contributed by atoms with Crippen LogP contribution in [0.3, 0.4) is 0 Å². The number of fused-ring (bicyclic) bond motifs is 5. The topological polar surface area (TPSA) is 295 Å². The van der Waals surface area contributed by atoms with Crippen molar-refractivity contribution in [3.63, 3.8) is 0 Å². The van der Waals surface area contributed by atoms with Crippen LogP contribution in [-0.2, 0) is 47.4 Å². The van der Waals surface area contributed by atoms with Crippen LogP contribution in [-0.4, -0.2) is 206 Å². The predicted molar refractivity (Wildman–Crippen MR) is 265 cm³/mol. The molecule has 20 heteroatoms. The van der Waals surface area contributed by atoms with E-state index in [1.807, 2.05) is 6.92 Å². The largest absolute Gasteiger partial charge is 0.394 e. The lowest BCUT2D eigenvalue weighted by molar-refractivity contribution is -0.402. The van der Waals surface area contributed by atoms with Crippen LogP contribution in [0.1, 0.15) is 121 Å². The van der Waals surface area contributed by atoms with Gasteiger partial charge in [-0.05, 0) is 125 Å². The molecule has 3 saturated carbocycles. The van der Waals surface area contributed by atoms with Crippen LogP contribution in [0.15, 0.2) is 23.3 Å². The predicted octanol–water partition coefficient (Wildman–Crippen LogP) is 1.68. The van der Waals surface area contributed by atoms with Crippen LogP contribution < -0.4 is 0 Å². The quantitative estimate of drug-likeness (QED) is 0.117. The molecule has 9 rings (SSSR count).